The summed E-state index contributed by atoms with van der Waals surface area (Å²) in [5.41, 5.74) is 2.76. The highest BCUT2D eigenvalue weighted by molar-refractivity contribution is 7.92. The number of rotatable bonds is 6. The molecule has 3 aromatic rings. The molecule has 0 saturated heterocycles. The van der Waals surface area contributed by atoms with Crippen molar-refractivity contribution in [1.82, 2.24) is 0 Å². The zero-order valence-corrected chi connectivity index (χ0v) is 18.1. The third-order valence-corrected chi connectivity index (χ3v) is 6.16. The molecular weight excluding hydrogens is 416 g/mol. The maximum Gasteiger partial charge on any atom is 0.338 e. The van der Waals surface area contributed by atoms with Crippen molar-refractivity contribution >= 4 is 33.3 Å². The summed E-state index contributed by atoms with van der Waals surface area (Å²) in [4.78, 5) is 24.7. The summed E-state index contributed by atoms with van der Waals surface area (Å²) < 4.78 is 32.4. The first kappa shape index (κ1) is 22.0. The molecule has 0 heterocycles. The average molecular weight is 439 g/mol. The van der Waals surface area contributed by atoms with E-state index in [1.54, 1.807) is 62.4 Å². The van der Waals surface area contributed by atoms with Crippen LogP contribution in [0.25, 0.3) is 0 Å². The first-order valence-corrected chi connectivity index (χ1v) is 10.9. The molecule has 7 nitrogen and oxygen atoms in total. The molecule has 0 aliphatic carbocycles. The number of nitrogens with one attached hydrogen (secondary N) is 2. The lowest BCUT2D eigenvalue weighted by atomic mass is 10.1. The highest BCUT2D eigenvalue weighted by Gasteiger charge is 2.17. The highest BCUT2D eigenvalue weighted by Crippen LogP contribution is 2.23. The van der Waals surface area contributed by atoms with Crippen LogP contribution in [0.3, 0.4) is 0 Å². The summed E-state index contributed by atoms with van der Waals surface area (Å²) in [5.74, 6) is -0.870. The van der Waals surface area contributed by atoms with E-state index in [9.17, 15) is 18.0 Å². The molecule has 160 valence electrons. The molecule has 3 rings (SSSR count). The molecule has 0 fully saturated rings. The number of carbonyl (C=O) groups is 2. The van der Waals surface area contributed by atoms with Crippen LogP contribution in [0.15, 0.2) is 71.6 Å². The Labute approximate surface area is 181 Å². The van der Waals surface area contributed by atoms with E-state index in [1.807, 2.05) is 0 Å². The SMILES string of the molecule is COC(=O)c1cccc(NC(=O)c2ccc(NS(=O)(=O)c3ccccc3)c(C)c2)c1C. The average Bonchev–Trinajstić information content (AvgIpc) is 2.76. The quantitative estimate of drug-likeness (QED) is 0.563. The predicted molar refractivity (Wildman–Crippen MR) is 119 cm³/mol. The normalized spacial score (nSPS) is 10.9. The number of sulfonamides is 1. The van der Waals surface area contributed by atoms with E-state index in [0.717, 1.165) is 0 Å². The molecule has 0 aromatic heterocycles. The fourth-order valence-corrected chi connectivity index (χ4v) is 4.17. The van der Waals surface area contributed by atoms with E-state index in [-0.39, 0.29) is 10.8 Å². The number of hydrogen-bond donors (Lipinski definition) is 2. The van der Waals surface area contributed by atoms with Crippen molar-refractivity contribution in [3.8, 4) is 0 Å². The van der Waals surface area contributed by atoms with Crippen molar-refractivity contribution in [2.45, 2.75) is 18.7 Å². The molecule has 0 atom stereocenters. The summed E-state index contributed by atoms with van der Waals surface area (Å²) in [6, 6.07) is 17.7. The Kier molecular flexibility index (Phi) is 6.41. The summed E-state index contributed by atoms with van der Waals surface area (Å²) in [6.45, 7) is 3.43. The van der Waals surface area contributed by atoms with Crippen molar-refractivity contribution in [3.63, 3.8) is 0 Å². The zero-order valence-electron chi connectivity index (χ0n) is 17.3. The minimum Gasteiger partial charge on any atom is -0.465 e. The standard InChI is InChI=1S/C23H22N2O5S/c1-15-14-17(12-13-20(15)25-31(28,29)18-8-5-4-6-9-18)22(26)24-21-11-7-10-19(16(21)2)23(27)30-3/h4-14,25H,1-3H3,(H,24,26). The summed E-state index contributed by atoms with van der Waals surface area (Å²) >= 11 is 0. The van der Waals surface area contributed by atoms with Crippen LogP contribution in [-0.2, 0) is 14.8 Å². The second-order valence-corrected chi connectivity index (χ2v) is 8.55. The summed E-state index contributed by atoms with van der Waals surface area (Å²) in [7, 11) is -2.44. The number of benzene rings is 3. The van der Waals surface area contributed by atoms with Crippen molar-refractivity contribution < 1.29 is 22.7 Å². The van der Waals surface area contributed by atoms with Crippen LogP contribution < -0.4 is 10.0 Å². The van der Waals surface area contributed by atoms with Gasteiger partial charge in [0, 0.05) is 11.3 Å². The Morgan fingerprint density at radius 1 is 0.871 bits per heavy atom. The summed E-state index contributed by atoms with van der Waals surface area (Å²) in [5, 5.41) is 2.78. The molecule has 0 aliphatic rings. The zero-order chi connectivity index (χ0) is 22.6. The van der Waals surface area contributed by atoms with Crippen molar-refractivity contribution in [3.05, 3.63) is 89.0 Å². The smallest absolute Gasteiger partial charge is 0.338 e. The fourth-order valence-electron chi connectivity index (χ4n) is 3.02. The van der Waals surface area contributed by atoms with E-state index >= 15 is 0 Å². The van der Waals surface area contributed by atoms with E-state index in [2.05, 4.69) is 10.0 Å². The number of aryl methyl sites for hydroxylation is 1. The van der Waals surface area contributed by atoms with Gasteiger partial charge in [-0.2, -0.15) is 0 Å². The molecule has 0 unspecified atom stereocenters. The molecule has 0 radical (unpaired) electrons. The third kappa shape index (κ3) is 4.92. The van der Waals surface area contributed by atoms with E-state index in [1.165, 1.54) is 25.3 Å². The van der Waals surface area contributed by atoms with Gasteiger partial charge < -0.3 is 10.1 Å². The molecule has 0 bridgehead atoms. The van der Waals surface area contributed by atoms with E-state index < -0.39 is 16.0 Å². The van der Waals surface area contributed by atoms with Crippen LogP contribution in [0.2, 0.25) is 0 Å². The van der Waals surface area contributed by atoms with Crippen LogP contribution in [-0.4, -0.2) is 27.4 Å². The van der Waals surface area contributed by atoms with Crippen LogP contribution in [0.1, 0.15) is 31.8 Å². The molecule has 0 saturated carbocycles. The number of amides is 1. The molecule has 3 aromatic carbocycles. The summed E-state index contributed by atoms with van der Waals surface area (Å²) in [6.07, 6.45) is 0. The largest absolute Gasteiger partial charge is 0.465 e. The Bertz CT molecular complexity index is 1240. The van der Waals surface area contributed by atoms with Gasteiger partial charge in [0.2, 0.25) is 0 Å². The van der Waals surface area contributed by atoms with E-state index in [4.69, 9.17) is 4.74 Å². The number of ether oxygens (including phenoxy) is 1. The second kappa shape index (κ2) is 9.01. The molecule has 2 N–H and O–H groups in total. The Hall–Kier alpha value is -3.65. The Balaban J connectivity index is 1.80. The first-order chi connectivity index (χ1) is 14.7. The molecule has 8 heteroatoms. The van der Waals surface area contributed by atoms with Crippen molar-refractivity contribution in [1.29, 1.82) is 0 Å². The van der Waals surface area contributed by atoms with Gasteiger partial charge in [0.1, 0.15) is 0 Å². The number of methoxy groups -OCH3 is 1. The van der Waals surface area contributed by atoms with Crippen molar-refractivity contribution in [2.75, 3.05) is 17.1 Å². The van der Waals surface area contributed by atoms with Crippen LogP contribution in [0, 0.1) is 13.8 Å². The minimum absolute atomic E-state index is 0.150. The van der Waals surface area contributed by atoms with Crippen LogP contribution in [0.4, 0.5) is 11.4 Å². The lowest BCUT2D eigenvalue weighted by Crippen LogP contribution is -2.16. The number of esters is 1. The third-order valence-electron chi connectivity index (χ3n) is 4.77. The topological polar surface area (TPSA) is 102 Å². The van der Waals surface area contributed by atoms with Crippen LogP contribution in [0.5, 0.6) is 0 Å². The van der Waals surface area contributed by atoms with Gasteiger partial charge in [-0.25, -0.2) is 13.2 Å². The van der Waals surface area contributed by atoms with Gasteiger partial charge >= 0.3 is 5.97 Å². The molecular formula is C23H22N2O5S. The van der Waals surface area contributed by atoms with Gasteiger partial charge in [-0.1, -0.05) is 24.3 Å². The first-order valence-electron chi connectivity index (χ1n) is 9.40. The van der Waals surface area contributed by atoms with Gasteiger partial charge in [0.15, 0.2) is 0 Å². The lowest BCUT2D eigenvalue weighted by molar-refractivity contribution is 0.0599. The number of carbonyl (C=O) groups excluding carboxylic acids is 2. The van der Waals surface area contributed by atoms with Crippen LogP contribution >= 0.6 is 0 Å². The maximum atomic E-state index is 12.7. The molecule has 31 heavy (non-hydrogen) atoms. The molecule has 0 spiro atoms. The maximum absolute atomic E-state index is 12.7. The Morgan fingerprint density at radius 3 is 2.23 bits per heavy atom. The van der Waals surface area contributed by atoms with Gasteiger partial charge in [-0.05, 0) is 67.4 Å². The highest BCUT2D eigenvalue weighted by atomic mass is 32.2. The Morgan fingerprint density at radius 2 is 1.58 bits per heavy atom. The van der Waals surface area contributed by atoms with E-state index in [0.29, 0.717) is 33.6 Å². The molecule has 1 amide bonds. The predicted octanol–water partition coefficient (Wildman–Crippen LogP) is 4.14. The number of hydrogen-bond acceptors (Lipinski definition) is 5. The number of anilines is 2. The van der Waals surface area contributed by atoms with Gasteiger partial charge in [0.25, 0.3) is 15.9 Å². The second-order valence-electron chi connectivity index (χ2n) is 6.87. The minimum atomic E-state index is -3.73. The molecule has 0 aliphatic heterocycles. The van der Waals surface area contributed by atoms with Crippen molar-refractivity contribution in [2.24, 2.45) is 0 Å². The lowest BCUT2D eigenvalue weighted by Gasteiger charge is -2.14. The van der Waals surface area contributed by atoms with Gasteiger partial charge in [-0.3, -0.25) is 9.52 Å². The van der Waals surface area contributed by atoms with Gasteiger partial charge in [0.05, 0.1) is 23.3 Å². The van der Waals surface area contributed by atoms with Gasteiger partial charge in [-0.15, -0.1) is 0 Å². The fraction of sp³-hybridized carbons (Fsp3) is 0.130. The monoisotopic (exact) mass is 438 g/mol.